The normalized spacial score (nSPS) is 11.9. The van der Waals surface area contributed by atoms with Crippen LogP contribution in [0.5, 0.6) is 0 Å². The molecule has 0 radical (unpaired) electrons. The molecule has 6 nitrogen and oxygen atoms in total. The van der Waals surface area contributed by atoms with E-state index in [0.717, 1.165) is 0 Å². The molecule has 0 aliphatic carbocycles. The van der Waals surface area contributed by atoms with Gasteiger partial charge in [-0.15, -0.1) is 0 Å². The van der Waals surface area contributed by atoms with Gasteiger partial charge in [0.05, 0.1) is 17.3 Å². The van der Waals surface area contributed by atoms with E-state index in [-0.39, 0.29) is 18.1 Å². The number of hydrogen-bond donors (Lipinski definition) is 3. The van der Waals surface area contributed by atoms with E-state index in [1.54, 1.807) is 6.92 Å². The van der Waals surface area contributed by atoms with Crippen molar-refractivity contribution in [1.29, 1.82) is 0 Å². The number of rotatable bonds is 5. The highest BCUT2D eigenvalue weighted by Crippen LogP contribution is 2.12. The monoisotopic (exact) mass is 321 g/mol. The number of hydrogen-bond acceptors (Lipinski definition) is 5. The van der Waals surface area contributed by atoms with Crippen LogP contribution in [0, 0.1) is 0 Å². The van der Waals surface area contributed by atoms with Crippen LogP contribution < -0.4 is 5.32 Å². The highest BCUT2D eigenvalue weighted by atomic mass is 79.9. The van der Waals surface area contributed by atoms with Crippen molar-refractivity contribution in [2.45, 2.75) is 13.0 Å². The first-order valence-corrected chi connectivity index (χ1v) is 6.29. The summed E-state index contributed by atoms with van der Waals surface area (Å²) in [7, 11) is 0. The Labute approximate surface area is 112 Å². The van der Waals surface area contributed by atoms with Gasteiger partial charge in [0.2, 0.25) is 0 Å². The molecule has 1 aromatic rings. The number of nitrogens with one attached hydrogen (secondary N) is 2. The van der Waals surface area contributed by atoms with Crippen LogP contribution in [0.2, 0.25) is 0 Å². The number of H-pyrrole nitrogens is 1. The molecule has 0 aromatic carbocycles. The Bertz CT molecular complexity index is 410. The average Bonchev–Trinajstić information content (AvgIpc) is 2.72. The third-order valence-electron chi connectivity index (χ3n) is 1.88. The van der Waals surface area contributed by atoms with E-state index >= 15 is 0 Å². The maximum atomic E-state index is 11.8. The second-order valence-electron chi connectivity index (χ2n) is 3.05. The molecule has 1 rings (SSSR count). The molecule has 0 unspecified atom stereocenters. The van der Waals surface area contributed by atoms with Crippen LogP contribution in [0.15, 0.2) is 10.7 Å². The van der Waals surface area contributed by atoms with Gasteiger partial charge < -0.3 is 10.1 Å². The second-order valence-corrected chi connectivity index (χ2v) is 4.27. The molecule has 0 aliphatic heterocycles. The van der Waals surface area contributed by atoms with Gasteiger partial charge >= 0.3 is 5.97 Å². The quantitative estimate of drug-likeness (QED) is 0.552. The zero-order chi connectivity index (χ0) is 12.8. The van der Waals surface area contributed by atoms with Crippen LogP contribution in [0.3, 0.4) is 0 Å². The summed E-state index contributed by atoms with van der Waals surface area (Å²) in [5.74, 6) is -0.788. The number of esters is 1. The van der Waals surface area contributed by atoms with Crippen LogP contribution in [0.25, 0.3) is 0 Å². The van der Waals surface area contributed by atoms with Crippen LogP contribution in [0.1, 0.15) is 17.4 Å². The topological polar surface area (TPSA) is 84.1 Å². The first-order valence-electron chi connectivity index (χ1n) is 4.87. The molecule has 0 aliphatic rings. The molecule has 94 valence electrons. The molecule has 17 heavy (non-hydrogen) atoms. The first kappa shape index (κ1) is 14.0. The third-order valence-corrected chi connectivity index (χ3v) is 2.85. The van der Waals surface area contributed by atoms with E-state index in [0.29, 0.717) is 4.47 Å². The van der Waals surface area contributed by atoms with Crippen molar-refractivity contribution in [2.24, 2.45) is 0 Å². The zero-order valence-corrected chi connectivity index (χ0v) is 11.5. The summed E-state index contributed by atoms with van der Waals surface area (Å²) in [6.07, 6.45) is 1.45. The van der Waals surface area contributed by atoms with Gasteiger partial charge in [0.15, 0.2) is 0 Å². The van der Waals surface area contributed by atoms with Crippen molar-refractivity contribution in [3.05, 3.63) is 16.4 Å². The van der Waals surface area contributed by atoms with Crippen LogP contribution in [-0.4, -0.2) is 40.5 Å². The highest BCUT2D eigenvalue weighted by molar-refractivity contribution is 9.10. The van der Waals surface area contributed by atoms with E-state index in [9.17, 15) is 9.59 Å². The van der Waals surface area contributed by atoms with Gasteiger partial charge in [-0.2, -0.15) is 17.7 Å². The maximum absolute atomic E-state index is 11.8. The number of carbonyl (C=O) groups excluding carboxylic acids is 2. The van der Waals surface area contributed by atoms with Gasteiger partial charge in [0.1, 0.15) is 11.7 Å². The van der Waals surface area contributed by atoms with Crippen molar-refractivity contribution in [3.8, 4) is 0 Å². The largest absolute Gasteiger partial charge is 0.464 e. The van der Waals surface area contributed by atoms with Crippen LogP contribution in [0.4, 0.5) is 0 Å². The Hall–Kier alpha value is -1.02. The van der Waals surface area contributed by atoms with Crippen molar-refractivity contribution in [1.82, 2.24) is 15.5 Å². The minimum absolute atomic E-state index is 0.163. The fourth-order valence-electron chi connectivity index (χ4n) is 1.08. The lowest BCUT2D eigenvalue weighted by molar-refractivity contribution is -0.144. The average molecular weight is 322 g/mol. The molecular formula is C9H12BrN3O3S. The summed E-state index contributed by atoms with van der Waals surface area (Å²) in [5, 5.41) is 8.71. The minimum Gasteiger partial charge on any atom is -0.464 e. The van der Waals surface area contributed by atoms with Crippen LogP contribution >= 0.6 is 28.6 Å². The first-order chi connectivity index (χ1) is 8.10. The smallest absolute Gasteiger partial charge is 0.329 e. The Balaban J connectivity index is 2.66. The molecule has 1 heterocycles. The van der Waals surface area contributed by atoms with E-state index in [1.807, 2.05) is 0 Å². The molecular weight excluding hydrogens is 310 g/mol. The number of nitrogens with zero attached hydrogens (tertiary/aromatic N) is 1. The predicted octanol–water partition coefficient (Wildman–Crippen LogP) is 0.763. The lowest BCUT2D eigenvalue weighted by atomic mass is 10.3. The van der Waals surface area contributed by atoms with Gasteiger partial charge in [-0.25, -0.2) is 4.79 Å². The molecule has 0 saturated carbocycles. The third kappa shape index (κ3) is 3.74. The fraction of sp³-hybridized carbons (Fsp3) is 0.444. The SMILES string of the molecule is CCOC(=O)[C@H](CS)NC(=O)c1[nH]ncc1Br. The number of ether oxygens (including phenoxy) is 1. The Morgan fingerprint density at radius 2 is 2.41 bits per heavy atom. The number of aromatic nitrogens is 2. The summed E-state index contributed by atoms with van der Waals surface area (Å²) >= 11 is 7.15. The van der Waals surface area contributed by atoms with Gasteiger partial charge in [-0.3, -0.25) is 9.89 Å². The summed E-state index contributed by atoms with van der Waals surface area (Å²) in [6.45, 7) is 1.95. The van der Waals surface area contributed by atoms with Crippen molar-refractivity contribution >= 4 is 40.4 Å². The van der Waals surface area contributed by atoms with Gasteiger partial charge in [-0.05, 0) is 22.9 Å². The number of carbonyl (C=O) groups is 2. The number of thiol groups is 1. The highest BCUT2D eigenvalue weighted by Gasteiger charge is 2.22. The second kappa shape index (κ2) is 6.65. The van der Waals surface area contributed by atoms with Crippen LogP contribution in [-0.2, 0) is 9.53 Å². The summed E-state index contributed by atoms with van der Waals surface area (Å²) < 4.78 is 5.33. The Morgan fingerprint density at radius 3 is 2.88 bits per heavy atom. The molecule has 0 saturated heterocycles. The fourth-order valence-corrected chi connectivity index (χ4v) is 1.69. The molecule has 0 fully saturated rings. The summed E-state index contributed by atoms with van der Waals surface area (Å²) in [5.41, 5.74) is 0.251. The Morgan fingerprint density at radius 1 is 1.71 bits per heavy atom. The number of halogens is 1. The molecule has 1 amide bonds. The predicted molar refractivity (Wildman–Crippen MR) is 68.0 cm³/mol. The molecule has 0 spiro atoms. The number of aromatic amines is 1. The lowest BCUT2D eigenvalue weighted by Gasteiger charge is -2.14. The molecule has 0 bridgehead atoms. The zero-order valence-electron chi connectivity index (χ0n) is 9.07. The van der Waals surface area contributed by atoms with Crippen molar-refractivity contribution in [2.75, 3.05) is 12.4 Å². The lowest BCUT2D eigenvalue weighted by Crippen LogP contribution is -2.43. The van der Waals surface area contributed by atoms with Crippen molar-refractivity contribution < 1.29 is 14.3 Å². The van der Waals surface area contributed by atoms with E-state index in [1.165, 1.54) is 6.20 Å². The molecule has 2 N–H and O–H groups in total. The van der Waals surface area contributed by atoms with Gasteiger partial charge in [0, 0.05) is 5.75 Å². The van der Waals surface area contributed by atoms with Crippen molar-refractivity contribution in [3.63, 3.8) is 0 Å². The maximum Gasteiger partial charge on any atom is 0.329 e. The molecule has 1 aromatic heterocycles. The Kier molecular flexibility index (Phi) is 5.49. The molecule has 1 atom stereocenters. The van der Waals surface area contributed by atoms with E-state index < -0.39 is 17.9 Å². The number of amides is 1. The summed E-state index contributed by atoms with van der Waals surface area (Å²) in [6, 6.07) is -0.777. The van der Waals surface area contributed by atoms with E-state index in [2.05, 4.69) is 44.1 Å². The van der Waals surface area contributed by atoms with Gasteiger partial charge in [0.25, 0.3) is 5.91 Å². The molecule has 8 heteroatoms. The van der Waals surface area contributed by atoms with E-state index in [4.69, 9.17) is 4.74 Å². The minimum atomic E-state index is -0.777. The van der Waals surface area contributed by atoms with Gasteiger partial charge in [-0.1, -0.05) is 0 Å². The summed E-state index contributed by atoms with van der Waals surface area (Å²) in [4.78, 5) is 23.2. The standard InChI is InChI=1S/C9H12BrN3O3S/c1-2-16-9(15)6(4-17)12-8(14)7-5(10)3-11-13-7/h3,6,17H,2,4H2,1H3,(H,11,13)(H,12,14)/t6-/m0/s1.